The first-order valence-corrected chi connectivity index (χ1v) is 7.49. The number of aromatic nitrogens is 2. The highest BCUT2D eigenvalue weighted by atomic mass is 127. The van der Waals surface area contributed by atoms with Crippen molar-refractivity contribution in [2.24, 2.45) is 5.41 Å². The molecule has 102 valence electrons. The summed E-state index contributed by atoms with van der Waals surface area (Å²) in [6.45, 7) is 7.38. The summed E-state index contributed by atoms with van der Waals surface area (Å²) in [5.41, 5.74) is 8.70. The van der Waals surface area contributed by atoms with E-state index in [1.165, 1.54) is 5.56 Å². The summed E-state index contributed by atoms with van der Waals surface area (Å²) in [5, 5.41) is 4.67. The third-order valence-corrected chi connectivity index (χ3v) is 4.05. The minimum atomic E-state index is 0.221. The van der Waals surface area contributed by atoms with Crippen molar-refractivity contribution in [3.8, 4) is 0 Å². The Labute approximate surface area is 128 Å². The maximum atomic E-state index is 6.16. The van der Waals surface area contributed by atoms with Gasteiger partial charge in [-0.05, 0) is 40.0 Å². The van der Waals surface area contributed by atoms with E-state index in [0.717, 1.165) is 28.0 Å². The van der Waals surface area contributed by atoms with Crippen LogP contribution in [-0.4, -0.2) is 9.78 Å². The Morgan fingerprint density at radius 3 is 2.42 bits per heavy atom. The molecule has 0 atom stereocenters. The quantitative estimate of drug-likeness (QED) is 0.839. The molecule has 0 fully saturated rings. The van der Waals surface area contributed by atoms with Gasteiger partial charge in [-0.1, -0.05) is 51.1 Å². The van der Waals surface area contributed by atoms with E-state index in [1.807, 2.05) is 22.9 Å². The summed E-state index contributed by atoms with van der Waals surface area (Å²) in [6, 6.07) is 10.3. The lowest BCUT2D eigenvalue weighted by atomic mass is 9.91. The third kappa shape index (κ3) is 3.72. The highest BCUT2D eigenvalue weighted by molar-refractivity contribution is 14.1. The monoisotopic (exact) mass is 369 g/mol. The van der Waals surface area contributed by atoms with Gasteiger partial charge < -0.3 is 5.73 Å². The van der Waals surface area contributed by atoms with E-state index in [2.05, 4.69) is 60.6 Å². The van der Waals surface area contributed by atoms with E-state index in [1.54, 1.807) is 0 Å². The second-order valence-corrected chi connectivity index (χ2v) is 7.11. The molecular formula is C15H20IN3. The van der Waals surface area contributed by atoms with Gasteiger partial charge in [0.15, 0.2) is 0 Å². The number of halogens is 1. The topological polar surface area (TPSA) is 43.8 Å². The van der Waals surface area contributed by atoms with E-state index in [0.29, 0.717) is 0 Å². The average Bonchev–Trinajstić information content (AvgIpc) is 2.57. The lowest BCUT2D eigenvalue weighted by Gasteiger charge is -2.16. The maximum Gasteiger partial charge on any atom is 0.135 e. The molecule has 0 aliphatic heterocycles. The molecule has 0 amide bonds. The van der Waals surface area contributed by atoms with Crippen molar-refractivity contribution in [2.75, 3.05) is 5.73 Å². The van der Waals surface area contributed by atoms with Crippen molar-refractivity contribution >= 4 is 28.4 Å². The van der Waals surface area contributed by atoms with Crippen LogP contribution in [0.3, 0.4) is 0 Å². The normalized spacial score (nSPS) is 11.8. The smallest absolute Gasteiger partial charge is 0.135 e. The Bertz CT molecular complexity index is 553. The fourth-order valence-electron chi connectivity index (χ4n) is 2.00. The van der Waals surface area contributed by atoms with Crippen LogP contribution in [0.1, 0.15) is 32.0 Å². The Morgan fingerprint density at radius 1 is 1.21 bits per heavy atom. The van der Waals surface area contributed by atoms with E-state index >= 15 is 0 Å². The summed E-state index contributed by atoms with van der Waals surface area (Å²) in [7, 11) is 0. The molecule has 1 heterocycles. The molecular weight excluding hydrogens is 349 g/mol. The highest BCUT2D eigenvalue weighted by Crippen LogP contribution is 2.27. The molecule has 2 rings (SSSR count). The molecule has 1 aromatic carbocycles. The molecule has 3 nitrogen and oxygen atoms in total. The second kappa shape index (κ2) is 5.53. The zero-order valence-corrected chi connectivity index (χ0v) is 13.8. The number of nitrogens with zero attached hydrogens (tertiary/aromatic N) is 2. The van der Waals surface area contributed by atoms with Gasteiger partial charge in [-0.2, -0.15) is 5.10 Å². The zero-order chi connectivity index (χ0) is 14.0. The van der Waals surface area contributed by atoms with Crippen LogP contribution in [0.4, 0.5) is 5.82 Å². The predicted molar refractivity (Wildman–Crippen MR) is 88.1 cm³/mol. The predicted octanol–water partition coefficient (Wildman–Crippen LogP) is 3.71. The minimum Gasteiger partial charge on any atom is -0.383 e. The van der Waals surface area contributed by atoms with Crippen molar-refractivity contribution in [1.82, 2.24) is 9.78 Å². The van der Waals surface area contributed by atoms with E-state index in [9.17, 15) is 0 Å². The Balaban J connectivity index is 2.25. The van der Waals surface area contributed by atoms with Crippen LogP contribution in [0.25, 0.3) is 0 Å². The average molecular weight is 369 g/mol. The van der Waals surface area contributed by atoms with E-state index in [-0.39, 0.29) is 5.41 Å². The fourth-order valence-corrected chi connectivity index (χ4v) is 2.57. The van der Waals surface area contributed by atoms with Gasteiger partial charge in [0, 0.05) is 0 Å². The van der Waals surface area contributed by atoms with Gasteiger partial charge >= 0.3 is 0 Å². The summed E-state index contributed by atoms with van der Waals surface area (Å²) in [6.07, 6.45) is 0.942. The first-order chi connectivity index (χ1) is 8.87. The minimum absolute atomic E-state index is 0.221. The van der Waals surface area contributed by atoms with Crippen LogP contribution in [-0.2, 0) is 13.0 Å². The summed E-state index contributed by atoms with van der Waals surface area (Å²) in [5.74, 6) is 0.767. The molecule has 2 N–H and O–H groups in total. The molecule has 19 heavy (non-hydrogen) atoms. The van der Waals surface area contributed by atoms with Crippen LogP contribution in [0.15, 0.2) is 30.3 Å². The molecule has 0 aliphatic carbocycles. The lowest BCUT2D eigenvalue weighted by Crippen LogP contribution is -2.11. The number of nitrogens with two attached hydrogens (primary N) is 1. The van der Waals surface area contributed by atoms with Crippen molar-refractivity contribution in [3.63, 3.8) is 0 Å². The molecule has 4 heteroatoms. The SMILES string of the molecule is CC(C)(C)Cc1nn(Cc2ccccc2)c(N)c1I. The summed E-state index contributed by atoms with van der Waals surface area (Å²) < 4.78 is 2.99. The van der Waals surface area contributed by atoms with Gasteiger partial charge in [-0.25, -0.2) is 4.68 Å². The van der Waals surface area contributed by atoms with Crippen molar-refractivity contribution in [1.29, 1.82) is 0 Å². The summed E-state index contributed by atoms with van der Waals surface area (Å²) in [4.78, 5) is 0. The van der Waals surface area contributed by atoms with Gasteiger partial charge in [0.1, 0.15) is 5.82 Å². The lowest BCUT2D eigenvalue weighted by molar-refractivity contribution is 0.403. The van der Waals surface area contributed by atoms with Crippen LogP contribution >= 0.6 is 22.6 Å². The number of hydrogen-bond donors (Lipinski definition) is 1. The first-order valence-electron chi connectivity index (χ1n) is 6.41. The van der Waals surface area contributed by atoms with Crippen LogP contribution < -0.4 is 5.73 Å². The second-order valence-electron chi connectivity index (χ2n) is 6.03. The van der Waals surface area contributed by atoms with Crippen LogP contribution in [0, 0.1) is 8.99 Å². The van der Waals surface area contributed by atoms with E-state index in [4.69, 9.17) is 5.73 Å². The van der Waals surface area contributed by atoms with E-state index < -0.39 is 0 Å². The number of nitrogen functional groups attached to an aromatic ring is 1. The zero-order valence-electron chi connectivity index (χ0n) is 11.7. The van der Waals surface area contributed by atoms with Crippen molar-refractivity contribution in [3.05, 3.63) is 45.2 Å². The van der Waals surface area contributed by atoms with Crippen molar-refractivity contribution < 1.29 is 0 Å². The highest BCUT2D eigenvalue weighted by Gasteiger charge is 2.19. The molecule has 0 aliphatic rings. The van der Waals surface area contributed by atoms with Crippen LogP contribution in [0.2, 0.25) is 0 Å². The molecule has 0 saturated carbocycles. The summed E-state index contributed by atoms with van der Waals surface area (Å²) >= 11 is 2.30. The molecule has 0 spiro atoms. The Hall–Kier alpha value is -1.04. The fraction of sp³-hybridized carbons (Fsp3) is 0.400. The Morgan fingerprint density at radius 2 is 1.84 bits per heavy atom. The Kier molecular flexibility index (Phi) is 4.18. The molecule has 1 aromatic heterocycles. The van der Waals surface area contributed by atoms with Gasteiger partial charge in [-0.15, -0.1) is 0 Å². The molecule has 0 saturated heterocycles. The molecule has 0 unspecified atom stereocenters. The third-order valence-electron chi connectivity index (χ3n) is 2.87. The number of benzene rings is 1. The molecule has 0 radical (unpaired) electrons. The van der Waals surface area contributed by atoms with Gasteiger partial charge in [0.25, 0.3) is 0 Å². The maximum absolute atomic E-state index is 6.16. The van der Waals surface area contributed by atoms with Gasteiger partial charge in [0.2, 0.25) is 0 Å². The van der Waals surface area contributed by atoms with Gasteiger partial charge in [0.05, 0.1) is 15.8 Å². The molecule has 2 aromatic rings. The van der Waals surface area contributed by atoms with Gasteiger partial charge in [-0.3, -0.25) is 0 Å². The molecule has 0 bridgehead atoms. The number of anilines is 1. The van der Waals surface area contributed by atoms with Crippen molar-refractivity contribution in [2.45, 2.75) is 33.7 Å². The standard InChI is InChI=1S/C15H20IN3/c1-15(2,3)9-12-13(16)14(17)19(18-12)10-11-7-5-4-6-8-11/h4-8H,9-10,17H2,1-3H3. The number of rotatable bonds is 3. The number of hydrogen-bond acceptors (Lipinski definition) is 2. The largest absolute Gasteiger partial charge is 0.383 e. The van der Waals surface area contributed by atoms with Crippen LogP contribution in [0.5, 0.6) is 0 Å². The first kappa shape index (κ1) is 14.4.